The summed E-state index contributed by atoms with van der Waals surface area (Å²) in [6, 6.07) is 17.4. The van der Waals surface area contributed by atoms with Crippen LogP contribution >= 0.6 is 11.6 Å². The lowest BCUT2D eigenvalue weighted by atomic mass is 10.0. The average molecular weight is 510 g/mol. The Balaban J connectivity index is 1.53. The van der Waals surface area contributed by atoms with E-state index in [-0.39, 0.29) is 10.8 Å². The molecule has 1 aliphatic heterocycles. The zero-order chi connectivity index (χ0) is 25.2. The van der Waals surface area contributed by atoms with Crippen molar-refractivity contribution in [2.24, 2.45) is 0 Å². The van der Waals surface area contributed by atoms with E-state index in [4.69, 9.17) is 11.6 Å². The highest BCUT2D eigenvalue weighted by Gasteiger charge is 2.29. The first-order valence-corrected chi connectivity index (χ1v) is 12.8. The lowest BCUT2D eigenvalue weighted by Gasteiger charge is -2.35. The summed E-state index contributed by atoms with van der Waals surface area (Å²) in [5.74, 6) is 0.319. The van der Waals surface area contributed by atoms with Crippen LogP contribution < -0.4 is 4.90 Å². The van der Waals surface area contributed by atoms with Gasteiger partial charge in [-0.2, -0.15) is 9.57 Å². The van der Waals surface area contributed by atoms with E-state index < -0.39 is 10.0 Å². The number of benzene rings is 2. The number of halogens is 1. The molecule has 2 aromatic carbocycles. The molecule has 0 radical (unpaired) electrons. The first-order valence-electron chi connectivity index (χ1n) is 10.9. The number of aromatic nitrogens is 1. The molecule has 180 valence electrons. The summed E-state index contributed by atoms with van der Waals surface area (Å²) in [7, 11) is -0.247. The number of carbonyl (C=O) groups excluding carboxylic acids is 1. The summed E-state index contributed by atoms with van der Waals surface area (Å²) >= 11 is 6.34. The topological polar surface area (TPSA) is 97.6 Å². The molecule has 0 saturated carbocycles. The van der Waals surface area contributed by atoms with Crippen molar-refractivity contribution in [1.29, 1.82) is 5.26 Å². The molecule has 10 heteroatoms. The van der Waals surface area contributed by atoms with E-state index in [1.807, 2.05) is 4.90 Å². The number of pyridine rings is 1. The van der Waals surface area contributed by atoms with E-state index in [1.54, 1.807) is 74.9 Å². The Morgan fingerprint density at radius 2 is 1.71 bits per heavy atom. The lowest BCUT2D eigenvalue weighted by molar-refractivity contribution is 0.0828. The molecule has 0 spiro atoms. The Hall–Kier alpha value is -3.45. The molecule has 0 atom stereocenters. The summed E-state index contributed by atoms with van der Waals surface area (Å²) in [4.78, 5) is 20.4. The maximum Gasteiger partial charge on any atom is 0.254 e. The highest BCUT2D eigenvalue weighted by molar-refractivity contribution is 7.89. The van der Waals surface area contributed by atoms with Crippen LogP contribution in [-0.2, 0) is 10.0 Å². The molecule has 4 rings (SSSR count). The third kappa shape index (κ3) is 5.00. The van der Waals surface area contributed by atoms with Gasteiger partial charge in [0.2, 0.25) is 10.0 Å². The molecule has 0 bridgehead atoms. The van der Waals surface area contributed by atoms with Gasteiger partial charge < -0.3 is 9.80 Å². The van der Waals surface area contributed by atoms with E-state index in [2.05, 4.69) is 11.1 Å². The van der Waals surface area contributed by atoms with Gasteiger partial charge in [-0.1, -0.05) is 35.9 Å². The van der Waals surface area contributed by atoms with Gasteiger partial charge in [0.1, 0.15) is 11.9 Å². The zero-order valence-corrected chi connectivity index (χ0v) is 20.9. The van der Waals surface area contributed by atoms with Gasteiger partial charge in [0, 0.05) is 52.0 Å². The Morgan fingerprint density at radius 3 is 2.31 bits per heavy atom. The third-order valence-electron chi connectivity index (χ3n) is 5.85. The van der Waals surface area contributed by atoms with Crippen LogP contribution in [0.5, 0.6) is 0 Å². The van der Waals surface area contributed by atoms with Crippen molar-refractivity contribution in [1.82, 2.24) is 14.2 Å². The van der Waals surface area contributed by atoms with Gasteiger partial charge in [0.05, 0.1) is 21.0 Å². The van der Waals surface area contributed by atoms with Crippen molar-refractivity contribution in [2.45, 2.75) is 4.90 Å². The van der Waals surface area contributed by atoms with Crippen LogP contribution in [0.1, 0.15) is 15.9 Å². The number of hydrogen-bond acceptors (Lipinski definition) is 6. The second kappa shape index (κ2) is 10.0. The summed E-state index contributed by atoms with van der Waals surface area (Å²) < 4.78 is 27.2. The van der Waals surface area contributed by atoms with Gasteiger partial charge in [0.15, 0.2) is 0 Å². The Morgan fingerprint density at radius 1 is 1.03 bits per heavy atom. The van der Waals surface area contributed by atoms with Crippen LogP contribution in [0.3, 0.4) is 0 Å². The minimum atomic E-state index is -3.56. The number of rotatable bonds is 5. The molecule has 35 heavy (non-hydrogen) atoms. The summed E-state index contributed by atoms with van der Waals surface area (Å²) in [5.41, 5.74) is 2.21. The van der Waals surface area contributed by atoms with Crippen LogP contribution in [0.2, 0.25) is 5.02 Å². The number of nitrogens with zero attached hydrogens (tertiary/aromatic N) is 5. The lowest BCUT2D eigenvalue weighted by Crippen LogP contribution is -2.49. The van der Waals surface area contributed by atoms with Crippen molar-refractivity contribution in [3.8, 4) is 17.2 Å². The van der Waals surface area contributed by atoms with Crippen molar-refractivity contribution in [2.75, 3.05) is 45.2 Å². The fourth-order valence-electron chi connectivity index (χ4n) is 3.94. The van der Waals surface area contributed by atoms with Crippen molar-refractivity contribution >= 4 is 33.3 Å². The van der Waals surface area contributed by atoms with E-state index in [0.29, 0.717) is 53.7 Å². The van der Waals surface area contributed by atoms with Crippen LogP contribution in [0.4, 0.5) is 5.82 Å². The summed E-state index contributed by atoms with van der Waals surface area (Å²) in [6.45, 7) is 1.42. The highest BCUT2D eigenvalue weighted by Crippen LogP contribution is 2.29. The number of piperazine rings is 1. The first kappa shape index (κ1) is 24.7. The molecule has 1 fully saturated rings. The molecule has 1 saturated heterocycles. The zero-order valence-electron chi connectivity index (χ0n) is 19.3. The number of anilines is 1. The molecule has 3 aromatic rings. The normalized spacial score (nSPS) is 14.4. The Kier molecular flexibility index (Phi) is 7.08. The smallest absolute Gasteiger partial charge is 0.254 e. The number of hydrogen-bond donors (Lipinski definition) is 0. The number of carbonyl (C=O) groups is 1. The monoisotopic (exact) mass is 509 g/mol. The number of sulfonamides is 1. The van der Waals surface area contributed by atoms with E-state index in [9.17, 15) is 18.5 Å². The average Bonchev–Trinajstić information content (AvgIpc) is 2.88. The van der Waals surface area contributed by atoms with Gasteiger partial charge in [-0.3, -0.25) is 4.79 Å². The Bertz CT molecular complexity index is 1400. The van der Waals surface area contributed by atoms with Gasteiger partial charge in [-0.15, -0.1) is 0 Å². The van der Waals surface area contributed by atoms with Gasteiger partial charge in [-0.25, -0.2) is 13.4 Å². The summed E-state index contributed by atoms with van der Waals surface area (Å²) in [6.07, 6.45) is 1.66. The second-order valence-electron chi connectivity index (χ2n) is 8.31. The first-order chi connectivity index (χ1) is 16.7. The predicted octanol–water partition coefficient (Wildman–Crippen LogP) is 3.49. The molecule has 0 unspecified atom stereocenters. The summed E-state index contributed by atoms with van der Waals surface area (Å²) in [5, 5.41) is 10.1. The third-order valence-corrected chi connectivity index (χ3v) is 8.07. The fraction of sp³-hybridized carbons (Fsp3) is 0.240. The maximum atomic E-state index is 12.9. The molecule has 0 aliphatic carbocycles. The second-order valence-corrected chi connectivity index (χ2v) is 10.7. The van der Waals surface area contributed by atoms with E-state index in [0.717, 1.165) is 5.56 Å². The number of amides is 1. The van der Waals surface area contributed by atoms with Crippen LogP contribution in [0, 0.1) is 11.3 Å². The molecule has 0 N–H and O–H groups in total. The molecule has 2 heterocycles. The van der Waals surface area contributed by atoms with Gasteiger partial charge in [0.25, 0.3) is 5.91 Å². The SMILES string of the molecule is CN(C)C(=O)c1ccc(-c2cnc(N3CCN(S(=O)(=O)c4ccccc4)CC3)c(C#N)c2)cc1Cl. The van der Waals surface area contributed by atoms with Crippen molar-refractivity contribution in [3.63, 3.8) is 0 Å². The van der Waals surface area contributed by atoms with Crippen molar-refractivity contribution < 1.29 is 13.2 Å². The molecule has 1 aromatic heterocycles. The highest BCUT2D eigenvalue weighted by atomic mass is 35.5. The quantitative estimate of drug-likeness (QED) is 0.522. The molecular formula is C25H24ClN5O3S. The van der Waals surface area contributed by atoms with E-state index >= 15 is 0 Å². The van der Waals surface area contributed by atoms with Crippen LogP contribution in [0.15, 0.2) is 65.7 Å². The molecule has 1 amide bonds. The minimum absolute atomic E-state index is 0.193. The molecule has 1 aliphatic rings. The Labute approximate surface area is 210 Å². The van der Waals surface area contributed by atoms with Gasteiger partial charge in [-0.05, 0) is 35.9 Å². The van der Waals surface area contributed by atoms with E-state index in [1.165, 1.54) is 9.21 Å². The molecular weight excluding hydrogens is 486 g/mol. The number of nitriles is 1. The fourth-order valence-corrected chi connectivity index (χ4v) is 5.65. The minimum Gasteiger partial charge on any atom is -0.353 e. The van der Waals surface area contributed by atoms with Crippen LogP contribution in [0.25, 0.3) is 11.1 Å². The maximum absolute atomic E-state index is 12.9. The van der Waals surface area contributed by atoms with Crippen LogP contribution in [-0.4, -0.2) is 68.8 Å². The van der Waals surface area contributed by atoms with Crippen molar-refractivity contribution in [3.05, 3.63) is 76.9 Å². The van der Waals surface area contributed by atoms with Gasteiger partial charge >= 0.3 is 0 Å². The predicted molar refractivity (Wildman–Crippen MR) is 135 cm³/mol. The molecule has 8 nitrogen and oxygen atoms in total. The standard InChI is InChI=1S/C25H24ClN5O3S/c1-29(2)25(32)22-9-8-18(15-23(22)26)20-14-19(16-27)24(28-17-20)30-10-12-31(13-11-30)35(33,34)21-6-4-3-5-7-21/h3-9,14-15,17H,10-13H2,1-2H3. The largest absolute Gasteiger partial charge is 0.353 e.